The largest absolute Gasteiger partial charge is 0.464 e. The maximum atomic E-state index is 12.7. The molecule has 25 heavy (non-hydrogen) atoms. The highest BCUT2D eigenvalue weighted by molar-refractivity contribution is 6.38. The Morgan fingerprint density at radius 1 is 1.16 bits per heavy atom. The third-order valence-electron chi connectivity index (χ3n) is 4.32. The molecule has 0 spiro atoms. The van der Waals surface area contributed by atoms with Crippen LogP contribution >= 0.6 is 23.2 Å². The fourth-order valence-corrected chi connectivity index (χ4v) is 3.57. The van der Waals surface area contributed by atoms with Gasteiger partial charge in [-0.1, -0.05) is 23.2 Å². The van der Waals surface area contributed by atoms with Crippen molar-refractivity contribution >= 4 is 51.5 Å². The number of carbonyl (C=O) groups is 2. The molecule has 7 heteroatoms. The minimum atomic E-state index is -2.07. The molecule has 126 valence electrons. The third-order valence-corrected chi connectivity index (χ3v) is 4.95. The fraction of sp³-hybridized carbons (Fsp3) is 0.111. The summed E-state index contributed by atoms with van der Waals surface area (Å²) in [5.41, 5.74) is -0.695. The highest BCUT2D eigenvalue weighted by Crippen LogP contribution is 2.46. The van der Waals surface area contributed by atoms with Gasteiger partial charge in [0.25, 0.3) is 5.91 Å². The second-order valence-electron chi connectivity index (χ2n) is 5.87. The molecular weight excluding hydrogens is 365 g/mol. The minimum absolute atomic E-state index is 0.129. The maximum Gasteiger partial charge on any atom is 0.261 e. The first-order valence-electron chi connectivity index (χ1n) is 7.43. The smallest absolute Gasteiger partial charge is 0.261 e. The molecule has 1 aromatic heterocycles. The van der Waals surface area contributed by atoms with E-state index in [-0.39, 0.29) is 21.3 Å². The van der Waals surface area contributed by atoms with Gasteiger partial charge in [0.15, 0.2) is 11.4 Å². The monoisotopic (exact) mass is 375 g/mol. The van der Waals surface area contributed by atoms with E-state index in [2.05, 4.69) is 5.32 Å². The number of furan rings is 1. The Balaban J connectivity index is 1.74. The molecule has 1 aliphatic heterocycles. The van der Waals surface area contributed by atoms with Crippen LogP contribution in [0.1, 0.15) is 22.3 Å². The Kier molecular flexibility index (Phi) is 3.61. The van der Waals surface area contributed by atoms with Crippen LogP contribution in [0.4, 0.5) is 5.69 Å². The van der Waals surface area contributed by atoms with Crippen LogP contribution in [0.5, 0.6) is 0 Å². The number of benzene rings is 2. The maximum absolute atomic E-state index is 12.7. The number of amides is 1. The number of carbonyl (C=O) groups excluding carboxylic acids is 2. The van der Waals surface area contributed by atoms with Crippen LogP contribution in [0.2, 0.25) is 10.0 Å². The number of Topliss-reactive ketones (excluding diaryl/α,β-unsaturated/α-hetero) is 1. The summed E-state index contributed by atoms with van der Waals surface area (Å²) in [7, 11) is 0. The topological polar surface area (TPSA) is 79.5 Å². The van der Waals surface area contributed by atoms with Crippen molar-refractivity contribution in [1.29, 1.82) is 0 Å². The molecule has 0 radical (unpaired) electrons. The van der Waals surface area contributed by atoms with Crippen LogP contribution in [0.25, 0.3) is 11.0 Å². The molecule has 1 atom stereocenters. The quantitative estimate of drug-likeness (QED) is 0.673. The van der Waals surface area contributed by atoms with Crippen molar-refractivity contribution in [2.75, 3.05) is 5.32 Å². The first kappa shape index (κ1) is 16.1. The SMILES string of the molecule is O=C(CC1(O)C(=O)Nc2c(Cl)ccc(Cl)c21)c1ccc2occc2c1. The van der Waals surface area contributed by atoms with E-state index in [0.717, 1.165) is 5.39 Å². The van der Waals surface area contributed by atoms with Crippen molar-refractivity contribution in [2.24, 2.45) is 0 Å². The van der Waals surface area contributed by atoms with Gasteiger partial charge in [-0.05, 0) is 36.4 Å². The van der Waals surface area contributed by atoms with Crippen molar-refractivity contribution in [3.63, 3.8) is 0 Å². The van der Waals surface area contributed by atoms with Crippen molar-refractivity contribution in [1.82, 2.24) is 0 Å². The van der Waals surface area contributed by atoms with Crippen molar-refractivity contribution in [3.8, 4) is 0 Å². The third kappa shape index (κ3) is 2.43. The summed E-state index contributed by atoms with van der Waals surface area (Å²) < 4.78 is 5.24. The zero-order valence-corrected chi connectivity index (χ0v) is 14.2. The molecule has 1 unspecified atom stereocenters. The molecule has 4 rings (SSSR count). The Morgan fingerprint density at radius 2 is 1.92 bits per heavy atom. The van der Waals surface area contributed by atoms with Gasteiger partial charge in [-0.3, -0.25) is 9.59 Å². The number of ketones is 1. The van der Waals surface area contributed by atoms with E-state index < -0.39 is 23.7 Å². The molecule has 1 amide bonds. The molecule has 1 aliphatic rings. The van der Waals surface area contributed by atoms with Crippen LogP contribution < -0.4 is 5.32 Å². The second kappa shape index (κ2) is 5.59. The van der Waals surface area contributed by atoms with Gasteiger partial charge in [-0.25, -0.2) is 0 Å². The Morgan fingerprint density at radius 3 is 2.72 bits per heavy atom. The van der Waals surface area contributed by atoms with Gasteiger partial charge in [0.05, 0.1) is 23.4 Å². The van der Waals surface area contributed by atoms with E-state index in [1.54, 1.807) is 24.3 Å². The van der Waals surface area contributed by atoms with E-state index >= 15 is 0 Å². The van der Waals surface area contributed by atoms with Gasteiger partial charge >= 0.3 is 0 Å². The number of halogens is 2. The number of fused-ring (bicyclic) bond motifs is 2. The van der Waals surface area contributed by atoms with Crippen LogP contribution in [-0.4, -0.2) is 16.8 Å². The van der Waals surface area contributed by atoms with Crippen LogP contribution in [0.3, 0.4) is 0 Å². The predicted molar refractivity (Wildman–Crippen MR) is 94.2 cm³/mol. The molecule has 0 saturated heterocycles. The summed E-state index contributed by atoms with van der Waals surface area (Å²) in [6.07, 6.45) is 1.07. The molecule has 0 fully saturated rings. The molecule has 2 aromatic carbocycles. The number of hydrogen-bond acceptors (Lipinski definition) is 4. The van der Waals surface area contributed by atoms with E-state index in [4.69, 9.17) is 27.6 Å². The number of rotatable bonds is 3. The van der Waals surface area contributed by atoms with E-state index in [1.165, 1.54) is 18.4 Å². The summed E-state index contributed by atoms with van der Waals surface area (Å²) in [5, 5.41) is 14.6. The van der Waals surface area contributed by atoms with E-state index in [0.29, 0.717) is 11.1 Å². The van der Waals surface area contributed by atoms with E-state index in [1.807, 2.05) is 0 Å². The molecule has 0 bridgehead atoms. The molecule has 5 nitrogen and oxygen atoms in total. The number of aliphatic hydroxyl groups is 1. The summed E-state index contributed by atoms with van der Waals surface area (Å²) in [6, 6.07) is 9.64. The van der Waals surface area contributed by atoms with Crippen molar-refractivity contribution in [2.45, 2.75) is 12.0 Å². The van der Waals surface area contributed by atoms with Crippen molar-refractivity contribution < 1.29 is 19.1 Å². The summed E-state index contributed by atoms with van der Waals surface area (Å²) in [5.74, 6) is -1.13. The molecular formula is C18H11Cl2NO4. The normalized spacial score (nSPS) is 19.1. The second-order valence-corrected chi connectivity index (χ2v) is 6.68. The lowest BCUT2D eigenvalue weighted by molar-refractivity contribution is -0.133. The molecule has 0 saturated carbocycles. The average molecular weight is 376 g/mol. The summed E-state index contributed by atoms with van der Waals surface area (Å²) in [6.45, 7) is 0. The molecule has 0 aliphatic carbocycles. The highest BCUT2D eigenvalue weighted by atomic mass is 35.5. The van der Waals surface area contributed by atoms with E-state index in [9.17, 15) is 14.7 Å². The zero-order chi connectivity index (χ0) is 17.8. The Hall–Kier alpha value is -2.34. The number of hydrogen-bond donors (Lipinski definition) is 2. The molecule has 2 N–H and O–H groups in total. The van der Waals surface area contributed by atoms with Gasteiger partial charge in [0.1, 0.15) is 5.58 Å². The lowest BCUT2D eigenvalue weighted by atomic mass is 9.88. The number of anilines is 1. The zero-order valence-electron chi connectivity index (χ0n) is 12.7. The fourth-order valence-electron chi connectivity index (χ4n) is 3.05. The summed E-state index contributed by atoms with van der Waals surface area (Å²) in [4.78, 5) is 25.0. The van der Waals surface area contributed by atoms with Crippen LogP contribution in [0.15, 0.2) is 47.1 Å². The number of nitrogens with one attached hydrogen (secondary N) is 1. The highest BCUT2D eigenvalue weighted by Gasteiger charge is 2.49. The standard InChI is InChI=1S/C18H11Cl2NO4/c19-11-2-3-12(20)16-15(11)18(24,17(23)21-16)8-13(22)9-1-4-14-10(7-9)5-6-25-14/h1-7,24H,8H2,(H,21,23). The lowest BCUT2D eigenvalue weighted by Crippen LogP contribution is -2.36. The Bertz CT molecular complexity index is 1040. The van der Waals surface area contributed by atoms with Crippen LogP contribution in [-0.2, 0) is 10.4 Å². The first-order chi connectivity index (χ1) is 11.9. The lowest BCUT2D eigenvalue weighted by Gasteiger charge is -2.21. The Labute approximate surface area is 152 Å². The first-order valence-corrected chi connectivity index (χ1v) is 8.18. The molecule has 3 aromatic rings. The average Bonchev–Trinajstić information content (AvgIpc) is 3.14. The van der Waals surface area contributed by atoms with Gasteiger partial charge in [0, 0.05) is 21.5 Å². The minimum Gasteiger partial charge on any atom is -0.464 e. The summed E-state index contributed by atoms with van der Waals surface area (Å²) >= 11 is 12.2. The van der Waals surface area contributed by atoms with Gasteiger partial charge in [-0.15, -0.1) is 0 Å². The molecule has 2 heterocycles. The van der Waals surface area contributed by atoms with Gasteiger partial charge in [0.2, 0.25) is 0 Å². The predicted octanol–water partition coefficient (Wildman–Crippen LogP) is 4.15. The van der Waals surface area contributed by atoms with Gasteiger partial charge < -0.3 is 14.8 Å². The van der Waals surface area contributed by atoms with Crippen LogP contribution in [0, 0.1) is 0 Å². The van der Waals surface area contributed by atoms with Crippen molar-refractivity contribution in [3.05, 3.63) is 63.8 Å². The van der Waals surface area contributed by atoms with Gasteiger partial charge in [-0.2, -0.15) is 0 Å².